The molecule has 0 radical (unpaired) electrons. The molecule has 0 fully saturated rings. The van der Waals surface area contributed by atoms with E-state index in [1.165, 1.54) is 0 Å². The lowest BCUT2D eigenvalue weighted by atomic mass is 9.92. The van der Waals surface area contributed by atoms with E-state index in [9.17, 15) is 9.59 Å². The summed E-state index contributed by atoms with van der Waals surface area (Å²) in [5.41, 5.74) is 0.0540. The average molecular weight is 239 g/mol. The lowest BCUT2D eigenvalue weighted by Gasteiger charge is -2.14. The molecule has 0 spiro atoms. The number of hydrogen-bond acceptors (Lipinski definition) is 2. The van der Waals surface area contributed by atoms with E-state index in [0.717, 1.165) is 6.42 Å². The van der Waals surface area contributed by atoms with Crippen LogP contribution in [0.5, 0.6) is 0 Å². The maximum Gasteiger partial charge on any atom is 0.247 e. The van der Waals surface area contributed by atoms with Crippen molar-refractivity contribution in [2.75, 3.05) is 0 Å². The Labute approximate surface area is 95.3 Å². The van der Waals surface area contributed by atoms with Gasteiger partial charge in [-0.25, -0.2) is 0 Å². The van der Waals surface area contributed by atoms with Gasteiger partial charge in [0.05, 0.1) is 0 Å². The maximum atomic E-state index is 10.5. The third kappa shape index (κ3) is 8.27. The van der Waals surface area contributed by atoms with Crippen molar-refractivity contribution in [1.29, 1.82) is 0 Å². The Kier molecular flexibility index (Phi) is 8.07. The van der Waals surface area contributed by atoms with Gasteiger partial charge in [-0.1, -0.05) is 27.4 Å². The summed E-state index contributed by atoms with van der Waals surface area (Å²) >= 11 is 10.1. The van der Waals surface area contributed by atoms with Crippen molar-refractivity contribution in [2.24, 2.45) is 5.41 Å². The summed E-state index contributed by atoms with van der Waals surface area (Å²) in [4.78, 5) is 20.3. The molecule has 0 saturated carbocycles. The van der Waals surface area contributed by atoms with Gasteiger partial charge in [-0.05, 0) is 36.5 Å². The molecule has 0 aliphatic rings. The maximum absolute atomic E-state index is 10.5. The highest BCUT2D eigenvalue weighted by molar-refractivity contribution is 6.67. The molecule has 4 heteroatoms. The largest absolute Gasteiger partial charge is 0.281 e. The number of carbonyl (C=O) groups is 2. The minimum Gasteiger partial charge on any atom is -0.281 e. The normalized spacial score (nSPS) is 9.86. The van der Waals surface area contributed by atoms with Crippen molar-refractivity contribution < 1.29 is 9.59 Å². The van der Waals surface area contributed by atoms with Gasteiger partial charge in [0.1, 0.15) is 0 Å². The highest BCUT2D eigenvalue weighted by Crippen LogP contribution is 2.22. The monoisotopic (exact) mass is 238 g/mol. The molecule has 0 rings (SSSR count). The van der Waals surface area contributed by atoms with Crippen LogP contribution in [0.1, 0.15) is 34.1 Å². The van der Waals surface area contributed by atoms with Crippen LogP contribution >= 0.6 is 23.2 Å². The molecule has 0 unspecified atom stereocenters. The molecule has 0 aromatic rings. The summed E-state index contributed by atoms with van der Waals surface area (Å²) in [6, 6.07) is 0. The topological polar surface area (TPSA) is 34.1 Å². The summed E-state index contributed by atoms with van der Waals surface area (Å²) in [5, 5.41) is -0.713. The average Bonchev–Trinajstić information content (AvgIpc) is 2.05. The first-order valence-electron chi connectivity index (χ1n) is 4.20. The van der Waals surface area contributed by atoms with Gasteiger partial charge < -0.3 is 0 Å². The quantitative estimate of drug-likeness (QED) is 0.557. The summed E-state index contributed by atoms with van der Waals surface area (Å²) in [5.74, 6) is 0. The van der Waals surface area contributed by atoms with Crippen LogP contribution in [0.15, 0.2) is 12.2 Å². The molecular weight excluding hydrogens is 223 g/mol. The van der Waals surface area contributed by atoms with Crippen LogP contribution in [0.4, 0.5) is 0 Å². The van der Waals surface area contributed by atoms with Crippen LogP contribution in [0, 0.1) is 5.41 Å². The van der Waals surface area contributed by atoms with Gasteiger partial charge in [0, 0.05) is 11.0 Å². The fourth-order valence-corrected chi connectivity index (χ4v) is 0.273. The summed E-state index contributed by atoms with van der Waals surface area (Å²) in [7, 11) is 0. The second-order valence-corrected chi connectivity index (χ2v) is 4.25. The molecule has 0 N–H and O–H groups in total. The summed E-state index contributed by atoms with van der Waals surface area (Å²) < 4.78 is 0. The Morgan fingerprint density at radius 1 is 1.29 bits per heavy atom. The predicted molar refractivity (Wildman–Crippen MR) is 60.6 cm³/mol. The van der Waals surface area contributed by atoms with Crippen LogP contribution in [-0.4, -0.2) is 10.5 Å². The molecule has 0 atom stereocenters. The molecule has 14 heavy (non-hydrogen) atoms. The van der Waals surface area contributed by atoms with Crippen molar-refractivity contribution in [3.05, 3.63) is 12.2 Å². The fraction of sp³-hybridized carbons (Fsp3) is 0.600. The molecule has 0 saturated heterocycles. The van der Waals surface area contributed by atoms with Gasteiger partial charge in [-0.15, -0.1) is 0 Å². The van der Waals surface area contributed by atoms with Crippen LogP contribution in [-0.2, 0) is 9.59 Å². The number of carbonyl (C=O) groups excluding carboxylic acids is 2. The van der Waals surface area contributed by atoms with Crippen molar-refractivity contribution in [3.63, 3.8) is 0 Å². The van der Waals surface area contributed by atoms with Gasteiger partial charge in [-0.2, -0.15) is 0 Å². The Balaban J connectivity index is 0. The summed E-state index contributed by atoms with van der Waals surface area (Å²) in [6.45, 7) is 10.5. The van der Waals surface area contributed by atoms with Gasteiger partial charge in [0.15, 0.2) is 0 Å². The van der Waals surface area contributed by atoms with Crippen LogP contribution < -0.4 is 0 Å². The first-order chi connectivity index (χ1) is 6.15. The van der Waals surface area contributed by atoms with Crippen molar-refractivity contribution in [3.8, 4) is 0 Å². The highest BCUT2D eigenvalue weighted by atomic mass is 35.5. The van der Waals surface area contributed by atoms with Crippen LogP contribution in [0.3, 0.4) is 0 Å². The molecular formula is C10H16Cl2O2. The second kappa shape index (κ2) is 7.02. The van der Waals surface area contributed by atoms with E-state index in [4.69, 9.17) is 23.2 Å². The lowest BCUT2D eigenvalue weighted by Crippen LogP contribution is -2.17. The minimum atomic E-state index is -0.463. The fourth-order valence-electron chi connectivity index (χ4n) is 0.139. The molecule has 0 bridgehead atoms. The SMILES string of the molecule is C=C(C)C(=O)Cl.CCC(C)(C)C(=O)Cl. The van der Waals surface area contributed by atoms with Crippen LogP contribution in [0.2, 0.25) is 0 Å². The van der Waals surface area contributed by atoms with E-state index in [-0.39, 0.29) is 10.7 Å². The molecule has 2 nitrogen and oxygen atoms in total. The lowest BCUT2D eigenvalue weighted by molar-refractivity contribution is -0.119. The Bertz CT molecular complexity index is 220. The summed E-state index contributed by atoms with van der Waals surface area (Å²) in [6.07, 6.45) is 0.801. The third-order valence-electron chi connectivity index (χ3n) is 1.75. The zero-order chi connectivity index (χ0) is 11.9. The first-order valence-corrected chi connectivity index (χ1v) is 4.96. The van der Waals surface area contributed by atoms with Crippen molar-refractivity contribution in [1.82, 2.24) is 0 Å². The molecule has 0 aliphatic heterocycles. The Hall–Kier alpha value is -0.340. The zero-order valence-corrected chi connectivity index (χ0v) is 10.5. The van der Waals surface area contributed by atoms with Crippen molar-refractivity contribution in [2.45, 2.75) is 34.1 Å². The molecule has 82 valence electrons. The Morgan fingerprint density at radius 3 is 1.57 bits per heavy atom. The predicted octanol–water partition coefficient (Wildman–Crippen LogP) is 3.52. The van der Waals surface area contributed by atoms with Crippen LogP contribution in [0.25, 0.3) is 0 Å². The van der Waals surface area contributed by atoms with E-state index < -0.39 is 5.24 Å². The molecule has 0 aromatic carbocycles. The molecule has 0 aromatic heterocycles. The Morgan fingerprint density at radius 2 is 1.57 bits per heavy atom. The van der Waals surface area contributed by atoms with Gasteiger partial charge in [-0.3, -0.25) is 9.59 Å². The number of rotatable bonds is 3. The van der Waals surface area contributed by atoms with Gasteiger partial charge in [0.2, 0.25) is 10.5 Å². The van der Waals surface area contributed by atoms with E-state index >= 15 is 0 Å². The molecule has 0 heterocycles. The molecule has 0 aliphatic carbocycles. The first kappa shape index (κ1) is 16.1. The van der Waals surface area contributed by atoms with E-state index in [0.29, 0.717) is 5.57 Å². The third-order valence-corrected chi connectivity index (χ3v) is 2.59. The van der Waals surface area contributed by atoms with E-state index in [1.54, 1.807) is 6.92 Å². The smallest absolute Gasteiger partial charge is 0.247 e. The van der Waals surface area contributed by atoms with E-state index in [2.05, 4.69) is 6.58 Å². The number of hydrogen-bond donors (Lipinski definition) is 0. The minimum absolute atomic E-state index is 0.250. The number of allylic oxidation sites excluding steroid dienone is 1. The highest BCUT2D eigenvalue weighted by Gasteiger charge is 2.22. The van der Waals surface area contributed by atoms with Crippen molar-refractivity contribution >= 4 is 33.7 Å². The number of halogens is 2. The second-order valence-electron chi connectivity index (χ2n) is 3.57. The van der Waals surface area contributed by atoms with Gasteiger partial charge >= 0.3 is 0 Å². The standard InChI is InChI=1S/C6H11ClO.C4H5ClO/c1-4-6(2,3)5(7)8;1-3(2)4(5)6/h4H2,1-3H3;1H2,2H3. The zero-order valence-electron chi connectivity index (χ0n) is 8.99. The van der Waals surface area contributed by atoms with E-state index in [1.807, 2.05) is 20.8 Å². The van der Waals surface area contributed by atoms with Gasteiger partial charge in [0.25, 0.3) is 0 Å². The molecule has 0 amide bonds.